The summed E-state index contributed by atoms with van der Waals surface area (Å²) in [5.74, 6) is -0.575. The predicted octanol–water partition coefficient (Wildman–Crippen LogP) is 0.118. The molecule has 1 aromatic heterocycles. The molecule has 1 aliphatic carbocycles. The molecule has 0 bridgehead atoms. The first kappa shape index (κ1) is 17.9. The Bertz CT molecular complexity index is 613. The molecule has 1 saturated carbocycles. The lowest BCUT2D eigenvalue weighted by molar-refractivity contribution is -0.128. The SMILES string of the molecule is CC1(N)CCCCC1C(=O)NCCNS(=O)(=O)Cc1ccon1. The Morgan fingerprint density at radius 2 is 2.26 bits per heavy atom. The van der Waals surface area contributed by atoms with E-state index in [-0.39, 0.29) is 30.7 Å². The van der Waals surface area contributed by atoms with Gasteiger partial charge in [-0.2, -0.15) is 0 Å². The van der Waals surface area contributed by atoms with Gasteiger partial charge in [0, 0.05) is 24.7 Å². The highest BCUT2D eigenvalue weighted by atomic mass is 32.2. The molecule has 23 heavy (non-hydrogen) atoms. The lowest BCUT2D eigenvalue weighted by Gasteiger charge is -2.37. The lowest BCUT2D eigenvalue weighted by atomic mass is 9.74. The van der Waals surface area contributed by atoms with Crippen molar-refractivity contribution in [3.05, 3.63) is 18.0 Å². The predicted molar refractivity (Wildman–Crippen MR) is 84.7 cm³/mol. The molecule has 0 spiro atoms. The van der Waals surface area contributed by atoms with Crippen LogP contribution < -0.4 is 15.8 Å². The van der Waals surface area contributed by atoms with Gasteiger partial charge in [0.1, 0.15) is 12.0 Å². The Morgan fingerprint density at radius 3 is 2.91 bits per heavy atom. The molecule has 0 saturated heterocycles. The number of carbonyl (C=O) groups excluding carboxylic acids is 1. The van der Waals surface area contributed by atoms with Crippen LogP contribution in [0.25, 0.3) is 0 Å². The summed E-state index contributed by atoms with van der Waals surface area (Å²) in [5.41, 5.74) is 6.03. The van der Waals surface area contributed by atoms with Crippen molar-refractivity contribution >= 4 is 15.9 Å². The number of nitrogens with one attached hydrogen (secondary N) is 2. The fourth-order valence-electron chi connectivity index (χ4n) is 2.86. The molecule has 1 fully saturated rings. The molecule has 1 aliphatic rings. The van der Waals surface area contributed by atoms with E-state index >= 15 is 0 Å². The quantitative estimate of drug-likeness (QED) is 0.603. The monoisotopic (exact) mass is 344 g/mol. The molecule has 130 valence electrons. The van der Waals surface area contributed by atoms with E-state index in [0.717, 1.165) is 25.7 Å². The van der Waals surface area contributed by atoms with E-state index in [1.807, 2.05) is 6.92 Å². The van der Waals surface area contributed by atoms with Crippen molar-refractivity contribution in [3.8, 4) is 0 Å². The number of amides is 1. The average molecular weight is 344 g/mol. The van der Waals surface area contributed by atoms with Crippen molar-refractivity contribution in [1.29, 1.82) is 0 Å². The molecule has 0 radical (unpaired) electrons. The van der Waals surface area contributed by atoms with E-state index in [9.17, 15) is 13.2 Å². The topological polar surface area (TPSA) is 127 Å². The standard InChI is InChI=1S/C14H24N4O4S/c1-14(15)6-3-2-4-12(14)13(19)16-7-8-17-23(20,21)10-11-5-9-22-18-11/h5,9,12,17H,2-4,6-8,10,15H2,1H3,(H,16,19). The zero-order valence-corrected chi connectivity index (χ0v) is 14.1. The first-order valence-corrected chi connectivity index (χ1v) is 9.38. The van der Waals surface area contributed by atoms with E-state index in [1.165, 1.54) is 12.3 Å². The molecule has 1 aromatic rings. The molecule has 9 heteroatoms. The first-order valence-electron chi connectivity index (χ1n) is 7.73. The summed E-state index contributed by atoms with van der Waals surface area (Å²) in [7, 11) is -3.50. The molecular weight excluding hydrogens is 320 g/mol. The van der Waals surface area contributed by atoms with Gasteiger partial charge in [-0.05, 0) is 19.8 Å². The number of sulfonamides is 1. The molecule has 0 aliphatic heterocycles. The van der Waals surface area contributed by atoms with Crippen LogP contribution in [-0.2, 0) is 20.6 Å². The maximum atomic E-state index is 12.2. The highest BCUT2D eigenvalue weighted by molar-refractivity contribution is 7.88. The lowest BCUT2D eigenvalue weighted by Crippen LogP contribution is -2.53. The number of nitrogens with zero attached hydrogens (tertiary/aromatic N) is 1. The average Bonchev–Trinajstić information content (AvgIpc) is 2.95. The minimum Gasteiger partial charge on any atom is -0.364 e. The Hall–Kier alpha value is -1.45. The first-order chi connectivity index (χ1) is 10.8. The summed E-state index contributed by atoms with van der Waals surface area (Å²) in [5, 5.41) is 6.32. The number of nitrogens with two attached hydrogens (primary N) is 1. The smallest absolute Gasteiger partial charge is 0.225 e. The summed E-state index contributed by atoms with van der Waals surface area (Å²) < 4.78 is 30.7. The van der Waals surface area contributed by atoms with Crippen LogP contribution in [0.1, 0.15) is 38.3 Å². The molecule has 2 unspecified atom stereocenters. The van der Waals surface area contributed by atoms with Crippen molar-refractivity contribution < 1.29 is 17.7 Å². The fourth-order valence-corrected chi connectivity index (χ4v) is 3.92. The third-order valence-corrected chi connectivity index (χ3v) is 5.47. The van der Waals surface area contributed by atoms with Crippen LogP contribution in [0.2, 0.25) is 0 Å². The third-order valence-electron chi connectivity index (χ3n) is 4.15. The molecule has 4 N–H and O–H groups in total. The summed E-state index contributed by atoms with van der Waals surface area (Å²) in [4.78, 5) is 12.2. The van der Waals surface area contributed by atoms with E-state index in [2.05, 4.69) is 19.7 Å². The van der Waals surface area contributed by atoms with Gasteiger partial charge in [0.15, 0.2) is 0 Å². The van der Waals surface area contributed by atoms with Crippen LogP contribution in [0.4, 0.5) is 0 Å². The van der Waals surface area contributed by atoms with Gasteiger partial charge in [-0.3, -0.25) is 4.79 Å². The summed E-state index contributed by atoms with van der Waals surface area (Å²) in [6.45, 7) is 2.25. The Labute approximate surface area is 136 Å². The van der Waals surface area contributed by atoms with E-state index < -0.39 is 15.6 Å². The van der Waals surface area contributed by atoms with Crippen molar-refractivity contribution in [2.45, 2.75) is 43.9 Å². The Balaban J connectivity index is 1.73. The van der Waals surface area contributed by atoms with Crippen molar-refractivity contribution in [2.75, 3.05) is 13.1 Å². The van der Waals surface area contributed by atoms with Crippen LogP contribution in [0.15, 0.2) is 16.9 Å². The summed E-state index contributed by atoms with van der Waals surface area (Å²) in [6, 6.07) is 1.49. The van der Waals surface area contributed by atoms with Crippen LogP contribution in [0, 0.1) is 5.92 Å². The van der Waals surface area contributed by atoms with Crippen LogP contribution in [0.3, 0.4) is 0 Å². The van der Waals surface area contributed by atoms with Crippen LogP contribution >= 0.6 is 0 Å². The maximum Gasteiger partial charge on any atom is 0.225 e. The number of hydrogen-bond donors (Lipinski definition) is 3. The number of hydrogen-bond acceptors (Lipinski definition) is 6. The highest BCUT2D eigenvalue weighted by Crippen LogP contribution is 2.31. The second kappa shape index (κ2) is 7.41. The van der Waals surface area contributed by atoms with Gasteiger partial charge in [0.2, 0.25) is 15.9 Å². The molecule has 8 nitrogen and oxygen atoms in total. The largest absolute Gasteiger partial charge is 0.364 e. The normalized spacial score (nSPS) is 25.2. The second-order valence-electron chi connectivity index (χ2n) is 6.24. The Morgan fingerprint density at radius 1 is 1.48 bits per heavy atom. The highest BCUT2D eigenvalue weighted by Gasteiger charge is 2.37. The molecule has 0 aromatic carbocycles. The van der Waals surface area contributed by atoms with Gasteiger partial charge in [-0.25, -0.2) is 13.1 Å². The number of aromatic nitrogens is 1. The summed E-state index contributed by atoms with van der Waals surface area (Å²) in [6.07, 6.45) is 4.96. The zero-order valence-electron chi connectivity index (χ0n) is 13.2. The molecule has 2 rings (SSSR count). The minimum atomic E-state index is -3.50. The molecule has 2 atom stereocenters. The Kier molecular flexibility index (Phi) is 5.77. The summed E-state index contributed by atoms with van der Waals surface area (Å²) >= 11 is 0. The van der Waals surface area contributed by atoms with Gasteiger partial charge in [-0.15, -0.1) is 0 Å². The molecular formula is C14H24N4O4S. The zero-order chi connectivity index (χ0) is 16.9. The van der Waals surface area contributed by atoms with Gasteiger partial charge in [0.05, 0.1) is 11.6 Å². The van der Waals surface area contributed by atoms with Gasteiger partial charge in [-0.1, -0.05) is 18.0 Å². The van der Waals surface area contributed by atoms with Crippen molar-refractivity contribution in [1.82, 2.24) is 15.2 Å². The van der Waals surface area contributed by atoms with Gasteiger partial charge >= 0.3 is 0 Å². The molecule has 1 heterocycles. The van der Waals surface area contributed by atoms with Crippen LogP contribution in [0.5, 0.6) is 0 Å². The van der Waals surface area contributed by atoms with Gasteiger partial charge in [0.25, 0.3) is 0 Å². The number of rotatable bonds is 7. The van der Waals surface area contributed by atoms with E-state index in [1.54, 1.807) is 0 Å². The van der Waals surface area contributed by atoms with Crippen LogP contribution in [-0.4, -0.2) is 38.1 Å². The second-order valence-corrected chi connectivity index (χ2v) is 8.05. The molecule has 1 amide bonds. The van der Waals surface area contributed by atoms with Gasteiger partial charge < -0.3 is 15.6 Å². The fraction of sp³-hybridized carbons (Fsp3) is 0.714. The third kappa shape index (κ3) is 5.29. The minimum absolute atomic E-state index is 0.106. The van der Waals surface area contributed by atoms with E-state index in [4.69, 9.17) is 5.73 Å². The number of carbonyl (C=O) groups is 1. The van der Waals surface area contributed by atoms with E-state index in [0.29, 0.717) is 5.69 Å². The maximum absolute atomic E-state index is 12.2. The van der Waals surface area contributed by atoms with Crippen molar-refractivity contribution in [3.63, 3.8) is 0 Å². The van der Waals surface area contributed by atoms with Crippen molar-refractivity contribution in [2.24, 2.45) is 11.7 Å².